The summed E-state index contributed by atoms with van der Waals surface area (Å²) >= 11 is 0. The average molecular weight is 446 g/mol. The molecule has 31 heavy (non-hydrogen) atoms. The normalized spacial score (nSPS) is 15.5. The van der Waals surface area contributed by atoms with Gasteiger partial charge < -0.3 is 10.1 Å². The van der Waals surface area contributed by atoms with Gasteiger partial charge >= 0.3 is 5.97 Å². The predicted molar refractivity (Wildman–Crippen MR) is 119 cm³/mol. The van der Waals surface area contributed by atoms with Gasteiger partial charge in [0.05, 0.1) is 18.9 Å². The van der Waals surface area contributed by atoms with Gasteiger partial charge in [-0.25, -0.2) is 13.2 Å². The Morgan fingerprint density at radius 1 is 1.03 bits per heavy atom. The minimum Gasteiger partial charge on any atom is -0.465 e. The summed E-state index contributed by atoms with van der Waals surface area (Å²) in [7, 11) is -1.85. The maximum absolute atomic E-state index is 12.8. The molecule has 0 atom stereocenters. The van der Waals surface area contributed by atoms with Crippen molar-refractivity contribution in [2.24, 2.45) is 0 Å². The number of benzene rings is 2. The fraction of sp³-hybridized carbons (Fsp3) is 0.364. The molecule has 0 radical (unpaired) electrons. The first kappa shape index (κ1) is 22.9. The topological polar surface area (TPSA) is 96.0 Å². The van der Waals surface area contributed by atoms with Gasteiger partial charge in [-0.1, -0.05) is 18.2 Å². The van der Waals surface area contributed by atoms with Gasteiger partial charge in [0.2, 0.25) is 10.0 Å². The van der Waals surface area contributed by atoms with Crippen LogP contribution in [0.5, 0.6) is 0 Å². The van der Waals surface area contributed by atoms with Gasteiger partial charge in [0.15, 0.2) is 0 Å². The SMILES string of the molecule is COC(=O)c1ccc(C)c(NC(=O)c2cccc(CN3CCN(S(C)(=O)=O)CC3)c2)c1. The lowest BCUT2D eigenvalue weighted by Crippen LogP contribution is -2.47. The number of sulfonamides is 1. The van der Waals surface area contributed by atoms with E-state index in [0.717, 1.165) is 11.1 Å². The third-order valence-electron chi connectivity index (χ3n) is 5.30. The summed E-state index contributed by atoms with van der Waals surface area (Å²) in [5.74, 6) is -0.734. The van der Waals surface area contributed by atoms with Crippen LogP contribution in [0.4, 0.5) is 5.69 Å². The molecule has 1 N–H and O–H groups in total. The molecule has 2 aromatic rings. The zero-order valence-corrected chi connectivity index (χ0v) is 18.7. The van der Waals surface area contributed by atoms with Gasteiger partial charge in [0, 0.05) is 44.0 Å². The number of rotatable bonds is 6. The minimum atomic E-state index is -3.16. The fourth-order valence-electron chi connectivity index (χ4n) is 3.48. The van der Waals surface area contributed by atoms with Crippen LogP contribution in [0.3, 0.4) is 0 Å². The van der Waals surface area contributed by atoms with E-state index in [1.165, 1.54) is 17.7 Å². The Bertz CT molecular complexity index is 1080. The summed E-state index contributed by atoms with van der Waals surface area (Å²) in [4.78, 5) is 26.7. The number of esters is 1. The lowest BCUT2D eigenvalue weighted by Gasteiger charge is -2.33. The number of ether oxygens (including phenoxy) is 1. The molecule has 1 saturated heterocycles. The van der Waals surface area contributed by atoms with Crippen LogP contribution in [0.25, 0.3) is 0 Å². The number of hydrogen-bond acceptors (Lipinski definition) is 6. The molecule has 1 fully saturated rings. The summed E-state index contributed by atoms with van der Waals surface area (Å²) in [5, 5.41) is 2.87. The molecule has 0 unspecified atom stereocenters. The number of carbonyl (C=O) groups excluding carboxylic acids is 2. The van der Waals surface area contributed by atoms with E-state index in [1.54, 1.807) is 24.3 Å². The van der Waals surface area contributed by atoms with Crippen molar-refractivity contribution < 1.29 is 22.7 Å². The molecular weight excluding hydrogens is 418 g/mol. The maximum Gasteiger partial charge on any atom is 0.337 e. The molecule has 0 bridgehead atoms. The molecule has 3 rings (SSSR count). The summed E-state index contributed by atoms with van der Waals surface area (Å²) in [6, 6.07) is 12.4. The molecule has 2 aromatic carbocycles. The molecule has 0 spiro atoms. The molecule has 1 aliphatic rings. The van der Waals surface area contributed by atoms with E-state index < -0.39 is 16.0 Å². The van der Waals surface area contributed by atoms with Crippen molar-refractivity contribution in [1.29, 1.82) is 0 Å². The number of anilines is 1. The molecule has 1 amide bonds. The Kier molecular flexibility index (Phi) is 7.09. The Hall–Kier alpha value is -2.75. The highest BCUT2D eigenvalue weighted by atomic mass is 32.2. The molecule has 1 heterocycles. The van der Waals surface area contributed by atoms with Gasteiger partial charge in [-0.15, -0.1) is 0 Å². The Morgan fingerprint density at radius 3 is 2.39 bits per heavy atom. The molecule has 9 heteroatoms. The van der Waals surface area contributed by atoms with Crippen molar-refractivity contribution in [3.63, 3.8) is 0 Å². The van der Waals surface area contributed by atoms with Crippen molar-refractivity contribution >= 4 is 27.6 Å². The number of nitrogens with zero attached hydrogens (tertiary/aromatic N) is 2. The van der Waals surface area contributed by atoms with Crippen LogP contribution in [-0.2, 0) is 21.3 Å². The highest BCUT2D eigenvalue weighted by molar-refractivity contribution is 7.88. The molecule has 0 aromatic heterocycles. The summed E-state index contributed by atoms with van der Waals surface area (Å²) in [6.45, 7) is 4.70. The van der Waals surface area contributed by atoms with Gasteiger partial charge in [-0.3, -0.25) is 9.69 Å². The quantitative estimate of drug-likeness (QED) is 0.685. The first-order chi connectivity index (χ1) is 14.7. The van der Waals surface area contributed by atoms with Crippen LogP contribution in [0.2, 0.25) is 0 Å². The number of piperazine rings is 1. The van der Waals surface area contributed by atoms with Crippen LogP contribution in [-0.4, -0.2) is 69.0 Å². The number of methoxy groups -OCH3 is 1. The van der Waals surface area contributed by atoms with E-state index in [9.17, 15) is 18.0 Å². The van der Waals surface area contributed by atoms with Crippen molar-refractivity contribution in [3.8, 4) is 0 Å². The second kappa shape index (κ2) is 9.59. The van der Waals surface area contributed by atoms with Gasteiger partial charge in [0.25, 0.3) is 5.91 Å². The van der Waals surface area contributed by atoms with Crippen molar-refractivity contribution in [3.05, 3.63) is 64.7 Å². The van der Waals surface area contributed by atoms with Crippen LogP contribution in [0, 0.1) is 6.92 Å². The van der Waals surface area contributed by atoms with E-state index in [4.69, 9.17) is 4.74 Å². The Morgan fingerprint density at radius 2 is 1.74 bits per heavy atom. The van der Waals surface area contributed by atoms with Crippen LogP contribution in [0.15, 0.2) is 42.5 Å². The first-order valence-corrected chi connectivity index (χ1v) is 11.8. The van der Waals surface area contributed by atoms with E-state index >= 15 is 0 Å². The van der Waals surface area contributed by atoms with Gasteiger partial charge in [-0.05, 0) is 42.3 Å². The standard InChI is InChI=1S/C22H27N3O5S/c1-16-7-8-19(22(27)30-2)14-20(16)23-21(26)18-6-4-5-17(13-18)15-24-9-11-25(12-10-24)31(3,28)29/h4-8,13-14H,9-12,15H2,1-3H3,(H,23,26). The van der Waals surface area contributed by atoms with Crippen molar-refractivity contribution in [2.45, 2.75) is 13.5 Å². The predicted octanol–water partition coefficient (Wildman–Crippen LogP) is 2.11. The molecule has 8 nitrogen and oxygen atoms in total. The fourth-order valence-corrected chi connectivity index (χ4v) is 4.31. The second-order valence-electron chi connectivity index (χ2n) is 7.61. The summed E-state index contributed by atoms with van der Waals surface area (Å²) in [6.07, 6.45) is 1.23. The molecular formula is C22H27N3O5S. The first-order valence-electron chi connectivity index (χ1n) is 9.94. The van der Waals surface area contributed by atoms with Gasteiger partial charge in [-0.2, -0.15) is 4.31 Å². The third kappa shape index (κ3) is 5.90. The molecule has 1 aliphatic heterocycles. The third-order valence-corrected chi connectivity index (χ3v) is 6.61. The van der Waals surface area contributed by atoms with Crippen molar-refractivity contribution in [2.75, 3.05) is 44.9 Å². The lowest BCUT2D eigenvalue weighted by atomic mass is 10.1. The summed E-state index contributed by atoms with van der Waals surface area (Å²) in [5.41, 5.74) is 3.23. The second-order valence-corrected chi connectivity index (χ2v) is 9.60. The minimum absolute atomic E-state index is 0.270. The van der Waals surface area contributed by atoms with Crippen LogP contribution in [0.1, 0.15) is 31.8 Å². The molecule has 0 saturated carbocycles. The number of carbonyl (C=O) groups is 2. The van der Waals surface area contributed by atoms with Crippen LogP contribution >= 0.6 is 0 Å². The monoisotopic (exact) mass is 445 g/mol. The van der Waals surface area contributed by atoms with E-state index in [2.05, 4.69) is 10.2 Å². The summed E-state index contributed by atoms with van der Waals surface area (Å²) < 4.78 is 29.5. The van der Waals surface area contributed by atoms with Gasteiger partial charge in [0.1, 0.15) is 0 Å². The average Bonchev–Trinajstić information content (AvgIpc) is 2.74. The number of amides is 1. The van der Waals surface area contributed by atoms with E-state index in [-0.39, 0.29) is 5.91 Å². The Labute approximate surface area is 182 Å². The highest BCUT2D eigenvalue weighted by Gasteiger charge is 2.23. The maximum atomic E-state index is 12.8. The largest absolute Gasteiger partial charge is 0.465 e. The number of nitrogens with one attached hydrogen (secondary N) is 1. The van der Waals surface area contributed by atoms with E-state index in [1.807, 2.05) is 25.1 Å². The van der Waals surface area contributed by atoms with Crippen LogP contribution < -0.4 is 5.32 Å². The smallest absolute Gasteiger partial charge is 0.337 e. The molecule has 166 valence electrons. The Balaban J connectivity index is 1.67. The van der Waals surface area contributed by atoms with Crippen molar-refractivity contribution in [1.82, 2.24) is 9.21 Å². The highest BCUT2D eigenvalue weighted by Crippen LogP contribution is 2.19. The lowest BCUT2D eigenvalue weighted by molar-refractivity contribution is 0.0600. The zero-order valence-electron chi connectivity index (χ0n) is 17.9. The van der Waals surface area contributed by atoms with E-state index in [0.29, 0.717) is 49.5 Å². The number of hydrogen-bond donors (Lipinski definition) is 1. The number of aryl methyl sites for hydroxylation is 1. The zero-order chi connectivity index (χ0) is 22.6. The molecule has 0 aliphatic carbocycles.